The zero-order valence-corrected chi connectivity index (χ0v) is 14.1. The summed E-state index contributed by atoms with van der Waals surface area (Å²) in [6.07, 6.45) is 0. The number of fused-ring (bicyclic) bond motifs is 1. The van der Waals surface area contributed by atoms with Crippen molar-refractivity contribution >= 4 is 5.91 Å². The predicted octanol–water partition coefficient (Wildman–Crippen LogP) is 3.21. The molecule has 0 N–H and O–H groups in total. The van der Waals surface area contributed by atoms with Gasteiger partial charge in [0.2, 0.25) is 0 Å². The number of carbonyl (C=O) groups is 1. The van der Waals surface area contributed by atoms with Crippen molar-refractivity contribution < 1.29 is 9.53 Å². The molecule has 2 heterocycles. The molecule has 0 bridgehead atoms. The van der Waals surface area contributed by atoms with Crippen LogP contribution in [0.25, 0.3) is 11.3 Å². The van der Waals surface area contributed by atoms with Gasteiger partial charge in [-0.2, -0.15) is 5.10 Å². The van der Waals surface area contributed by atoms with Crippen molar-refractivity contribution in [2.75, 3.05) is 13.7 Å². The van der Waals surface area contributed by atoms with E-state index in [1.807, 2.05) is 70.2 Å². The lowest BCUT2D eigenvalue weighted by molar-refractivity contribution is 0.0683. The first-order valence-corrected chi connectivity index (χ1v) is 8.30. The van der Waals surface area contributed by atoms with E-state index in [1.54, 1.807) is 7.11 Å². The Hall–Kier alpha value is -3.08. The molecule has 2 aromatic carbocycles. The summed E-state index contributed by atoms with van der Waals surface area (Å²) in [4.78, 5) is 14.7. The third-order valence-corrected chi connectivity index (χ3v) is 4.47. The standard InChI is InChI=1S/C20H19N3O2/c1-25-17-9-7-16(8-10-17)18-13-19-20(24)22(11-12-23(19)21-18)14-15-5-3-2-4-6-15/h2-10,13H,11-12,14H2,1H3. The molecule has 1 amide bonds. The van der Waals surface area contributed by atoms with Gasteiger partial charge >= 0.3 is 0 Å². The van der Waals surface area contributed by atoms with Gasteiger partial charge in [-0.25, -0.2) is 0 Å². The minimum Gasteiger partial charge on any atom is -0.497 e. The van der Waals surface area contributed by atoms with Crippen LogP contribution in [0.4, 0.5) is 0 Å². The van der Waals surface area contributed by atoms with Gasteiger partial charge in [0.15, 0.2) is 0 Å². The molecule has 1 aliphatic rings. The summed E-state index contributed by atoms with van der Waals surface area (Å²) >= 11 is 0. The minimum atomic E-state index is 0.0300. The fourth-order valence-electron chi connectivity index (χ4n) is 3.10. The average Bonchev–Trinajstić information content (AvgIpc) is 3.10. The molecule has 0 unspecified atom stereocenters. The first kappa shape index (κ1) is 15.4. The van der Waals surface area contributed by atoms with Crippen LogP contribution >= 0.6 is 0 Å². The molecular weight excluding hydrogens is 314 g/mol. The predicted molar refractivity (Wildman–Crippen MR) is 95.4 cm³/mol. The number of hydrogen-bond acceptors (Lipinski definition) is 3. The van der Waals surface area contributed by atoms with Crippen LogP contribution in [0.3, 0.4) is 0 Å². The highest BCUT2D eigenvalue weighted by Crippen LogP contribution is 2.24. The Kier molecular flexibility index (Phi) is 3.98. The number of methoxy groups -OCH3 is 1. The van der Waals surface area contributed by atoms with Crippen molar-refractivity contribution in [2.45, 2.75) is 13.1 Å². The van der Waals surface area contributed by atoms with E-state index >= 15 is 0 Å². The smallest absolute Gasteiger partial charge is 0.272 e. The van der Waals surface area contributed by atoms with Crippen molar-refractivity contribution in [1.29, 1.82) is 0 Å². The topological polar surface area (TPSA) is 47.4 Å². The highest BCUT2D eigenvalue weighted by Gasteiger charge is 2.26. The van der Waals surface area contributed by atoms with E-state index in [1.165, 1.54) is 0 Å². The first-order valence-electron chi connectivity index (χ1n) is 8.30. The average molecular weight is 333 g/mol. The number of carbonyl (C=O) groups excluding carboxylic acids is 1. The summed E-state index contributed by atoms with van der Waals surface area (Å²) in [5.41, 5.74) is 3.57. The second kappa shape index (κ2) is 6.43. The monoisotopic (exact) mass is 333 g/mol. The fourth-order valence-corrected chi connectivity index (χ4v) is 3.10. The van der Waals surface area contributed by atoms with Crippen LogP contribution in [-0.2, 0) is 13.1 Å². The van der Waals surface area contributed by atoms with E-state index in [0.29, 0.717) is 25.3 Å². The maximum absolute atomic E-state index is 12.8. The molecule has 0 spiro atoms. The molecule has 0 saturated heterocycles. The number of nitrogens with zero attached hydrogens (tertiary/aromatic N) is 3. The number of hydrogen-bond donors (Lipinski definition) is 0. The maximum atomic E-state index is 12.8. The Morgan fingerprint density at radius 2 is 1.80 bits per heavy atom. The van der Waals surface area contributed by atoms with E-state index in [0.717, 1.165) is 22.6 Å². The lowest BCUT2D eigenvalue weighted by Gasteiger charge is -2.27. The van der Waals surface area contributed by atoms with Crippen LogP contribution < -0.4 is 4.74 Å². The van der Waals surface area contributed by atoms with Gasteiger partial charge in [0, 0.05) is 18.7 Å². The highest BCUT2D eigenvalue weighted by atomic mass is 16.5. The largest absolute Gasteiger partial charge is 0.497 e. The van der Waals surface area contributed by atoms with Gasteiger partial charge in [0.25, 0.3) is 5.91 Å². The molecule has 25 heavy (non-hydrogen) atoms. The Bertz CT molecular complexity index is 885. The summed E-state index contributed by atoms with van der Waals surface area (Å²) in [6.45, 7) is 2.01. The molecule has 0 fully saturated rings. The number of rotatable bonds is 4. The van der Waals surface area contributed by atoms with Crippen molar-refractivity contribution in [3.63, 3.8) is 0 Å². The van der Waals surface area contributed by atoms with Gasteiger partial charge in [-0.15, -0.1) is 0 Å². The summed E-state index contributed by atoms with van der Waals surface area (Å²) in [6, 6.07) is 19.7. The fraction of sp³-hybridized carbons (Fsp3) is 0.200. The summed E-state index contributed by atoms with van der Waals surface area (Å²) in [7, 11) is 1.64. The van der Waals surface area contributed by atoms with Gasteiger partial charge < -0.3 is 9.64 Å². The molecule has 126 valence electrons. The van der Waals surface area contributed by atoms with Crippen LogP contribution in [0.5, 0.6) is 5.75 Å². The molecule has 0 atom stereocenters. The highest BCUT2D eigenvalue weighted by molar-refractivity contribution is 5.94. The Morgan fingerprint density at radius 3 is 2.52 bits per heavy atom. The molecular formula is C20H19N3O2. The van der Waals surface area contributed by atoms with Gasteiger partial charge in [-0.1, -0.05) is 30.3 Å². The van der Waals surface area contributed by atoms with Gasteiger partial charge in [-0.05, 0) is 35.9 Å². The SMILES string of the molecule is COc1ccc(-c2cc3n(n2)CCN(Cc2ccccc2)C3=O)cc1. The van der Waals surface area contributed by atoms with Crippen molar-refractivity contribution in [3.05, 3.63) is 71.9 Å². The first-order chi connectivity index (χ1) is 12.2. The molecule has 4 rings (SSSR count). The molecule has 3 aromatic rings. The van der Waals surface area contributed by atoms with Gasteiger partial charge in [0.05, 0.1) is 19.3 Å². The lowest BCUT2D eigenvalue weighted by atomic mass is 10.1. The maximum Gasteiger partial charge on any atom is 0.272 e. The summed E-state index contributed by atoms with van der Waals surface area (Å²) in [5, 5.41) is 4.60. The Labute approximate surface area is 146 Å². The number of benzene rings is 2. The molecule has 0 radical (unpaired) electrons. The summed E-state index contributed by atoms with van der Waals surface area (Å²) < 4.78 is 7.00. The minimum absolute atomic E-state index is 0.0300. The van der Waals surface area contributed by atoms with Crippen LogP contribution in [0, 0.1) is 0 Å². The van der Waals surface area contributed by atoms with Crippen LogP contribution in [0.1, 0.15) is 16.1 Å². The third-order valence-electron chi connectivity index (χ3n) is 4.47. The Balaban J connectivity index is 1.58. The van der Waals surface area contributed by atoms with E-state index in [-0.39, 0.29) is 5.91 Å². The zero-order valence-electron chi connectivity index (χ0n) is 14.1. The number of aromatic nitrogens is 2. The van der Waals surface area contributed by atoms with Crippen molar-refractivity contribution in [1.82, 2.24) is 14.7 Å². The van der Waals surface area contributed by atoms with Crippen LogP contribution in [0.15, 0.2) is 60.7 Å². The van der Waals surface area contributed by atoms with Crippen molar-refractivity contribution in [2.24, 2.45) is 0 Å². The number of amides is 1. The molecule has 0 saturated carbocycles. The molecule has 5 nitrogen and oxygen atoms in total. The van der Waals surface area contributed by atoms with E-state index in [4.69, 9.17) is 4.74 Å². The lowest BCUT2D eigenvalue weighted by Crippen LogP contribution is -2.39. The van der Waals surface area contributed by atoms with E-state index in [9.17, 15) is 4.79 Å². The normalized spacial score (nSPS) is 13.6. The number of ether oxygens (including phenoxy) is 1. The second-order valence-corrected chi connectivity index (χ2v) is 6.08. The van der Waals surface area contributed by atoms with Gasteiger partial charge in [-0.3, -0.25) is 9.48 Å². The van der Waals surface area contributed by atoms with Crippen molar-refractivity contribution in [3.8, 4) is 17.0 Å². The third kappa shape index (κ3) is 3.01. The second-order valence-electron chi connectivity index (χ2n) is 6.08. The quantitative estimate of drug-likeness (QED) is 0.736. The Morgan fingerprint density at radius 1 is 1.04 bits per heavy atom. The van der Waals surface area contributed by atoms with Crippen LogP contribution in [-0.4, -0.2) is 34.2 Å². The van der Waals surface area contributed by atoms with Crippen LogP contribution in [0.2, 0.25) is 0 Å². The summed E-state index contributed by atoms with van der Waals surface area (Å²) in [5.74, 6) is 0.834. The molecule has 1 aliphatic heterocycles. The van der Waals surface area contributed by atoms with Gasteiger partial charge in [0.1, 0.15) is 11.4 Å². The molecule has 1 aromatic heterocycles. The van der Waals surface area contributed by atoms with E-state index < -0.39 is 0 Å². The molecule has 5 heteroatoms. The zero-order chi connectivity index (χ0) is 17.2. The molecule has 0 aliphatic carbocycles. The van der Waals surface area contributed by atoms with E-state index in [2.05, 4.69) is 5.10 Å².